The van der Waals surface area contributed by atoms with E-state index in [0.717, 1.165) is 31.9 Å². The van der Waals surface area contributed by atoms with Gasteiger partial charge in [-0.25, -0.2) is 4.98 Å². The van der Waals surface area contributed by atoms with Crippen LogP contribution in [0.25, 0.3) is 0 Å². The second kappa shape index (κ2) is 5.93. The van der Waals surface area contributed by atoms with Gasteiger partial charge in [-0.2, -0.15) is 0 Å². The van der Waals surface area contributed by atoms with Crippen molar-refractivity contribution in [2.45, 2.75) is 19.4 Å². The zero-order valence-electron chi connectivity index (χ0n) is 10.3. The van der Waals surface area contributed by atoms with Gasteiger partial charge in [0, 0.05) is 24.9 Å². The van der Waals surface area contributed by atoms with Crippen LogP contribution in [0, 0.1) is 5.92 Å². The van der Waals surface area contributed by atoms with Gasteiger partial charge in [-0.05, 0) is 13.0 Å². The van der Waals surface area contributed by atoms with Gasteiger partial charge in [0.25, 0.3) is 0 Å². The summed E-state index contributed by atoms with van der Waals surface area (Å²) in [7, 11) is 1.63. The first kappa shape index (κ1) is 12.3. The van der Waals surface area contributed by atoms with Crippen molar-refractivity contribution in [2.24, 2.45) is 5.92 Å². The second-order valence-corrected chi connectivity index (χ2v) is 4.11. The maximum Gasteiger partial charge on any atom is 0.237 e. The summed E-state index contributed by atoms with van der Waals surface area (Å²) in [4.78, 5) is 8.61. The molecule has 1 N–H and O–H groups in total. The molecule has 1 fully saturated rings. The summed E-state index contributed by atoms with van der Waals surface area (Å²) in [6.07, 6.45) is 4.41. The van der Waals surface area contributed by atoms with E-state index in [4.69, 9.17) is 9.47 Å². The van der Waals surface area contributed by atoms with E-state index in [9.17, 15) is 0 Å². The van der Waals surface area contributed by atoms with Gasteiger partial charge >= 0.3 is 0 Å². The number of ether oxygens (including phenoxy) is 2. The summed E-state index contributed by atoms with van der Waals surface area (Å²) in [6.45, 7) is 4.58. The Morgan fingerprint density at radius 3 is 3.00 bits per heavy atom. The predicted octanol–water partition coefficient (Wildman–Crippen LogP) is 1.17. The predicted molar refractivity (Wildman–Crippen MR) is 63.9 cm³/mol. The van der Waals surface area contributed by atoms with E-state index in [1.54, 1.807) is 19.5 Å². The number of aromatic nitrogens is 2. The van der Waals surface area contributed by atoms with E-state index >= 15 is 0 Å². The molecule has 0 saturated carbocycles. The molecule has 2 unspecified atom stereocenters. The Bertz CT molecular complexity index is 353. The normalized spacial score (nSPS) is 21.4. The van der Waals surface area contributed by atoms with Gasteiger partial charge in [0.1, 0.15) is 5.69 Å². The van der Waals surface area contributed by atoms with Crippen LogP contribution in [0.1, 0.15) is 25.1 Å². The lowest BCUT2D eigenvalue weighted by Crippen LogP contribution is -2.30. The Morgan fingerprint density at radius 1 is 1.53 bits per heavy atom. The molecule has 5 nitrogen and oxygen atoms in total. The molecule has 0 aliphatic carbocycles. The van der Waals surface area contributed by atoms with Gasteiger partial charge < -0.3 is 14.8 Å². The summed E-state index contributed by atoms with van der Waals surface area (Å²) in [5.41, 5.74) is 0.882. The molecule has 2 atom stereocenters. The van der Waals surface area contributed by atoms with Crippen LogP contribution in [0.3, 0.4) is 0 Å². The lowest BCUT2D eigenvalue weighted by Gasteiger charge is -2.23. The van der Waals surface area contributed by atoms with Crippen LogP contribution in [-0.2, 0) is 4.74 Å². The van der Waals surface area contributed by atoms with Crippen LogP contribution in [0.15, 0.2) is 12.4 Å². The molecule has 2 rings (SSSR count). The first-order valence-electron chi connectivity index (χ1n) is 6.02. The molecule has 17 heavy (non-hydrogen) atoms. The third-order valence-electron chi connectivity index (χ3n) is 3.04. The molecule has 1 aliphatic heterocycles. The lowest BCUT2D eigenvalue weighted by atomic mass is 9.96. The van der Waals surface area contributed by atoms with Crippen LogP contribution in [0.5, 0.6) is 5.88 Å². The molecule has 0 amide bonds. The van der Waals surface area contributed by atoms with Crippen molar-refractivity contribution in [3.8, 4) is 5.88 Å². The highest BCUT2D eigenvalue weighted by Crippen LogP contribution is 2.31. The summed E-state index contributed by atoms with van der Waals surface area (Å²) >= 11 is 0. The number of hydrogen-bond acceptors (Lipinski definition) is 5. The number of nitrogens with zero attached hydrogens (tertiary/aromatic N) is 2. The highest BCUT2D eigenvalue weighted by atomic mass is 16.5. The Labute approximate surface area is 102 Å². The minimum Gasteiger partial charge on any atom is -0.480 e. The van der Waals surface area contributed by atoms with Crippen LogP contribution < -0.4 is 10.1 Å². The molecular weight excluding hydrogens is 218 g/mol. The van der Waals surface area contributed by atoms with E-state index in [1.165, 1.54) is 0 Å². The van der Waals surface area contributed by atoms with Gasteiger partial charge in [0.05, 0.1) is 19.8 Å². The largest absolute Gasteiger partial charge is 0.480 e. The van der Waals surface area contributed by atoms with Crippen LogP contribution in [0.2, 0.25) is 0 Å². The summed E-state index contributed by atoms with van der Waals surface area (Å²) < 4.78 is 10.7. The Hall–Kier alpha value is -1.20. The molecule has 2 heterocycles. The molecule has 0 bridgehead atoms. The monoisotopic (exact) mass is 237 g/mol. The first-order chi connectivity index (χ1) is 8.36. The third kappa shape index (κ3) is 2.73. The second-order valence-electron chi connectivity index (χ2n) is 4.11. The zero-order chi connectivity index (χ0) is 12.1. The Kier molecular flexibility index (Phi) is 4.28. The van der Waals surface area contributed by atoms with Gasteiger partial charge in [-0.15, -0.1) is 0 Å². The quantitative estimate of drug-likeness (QED) is 0.833. The van der Waals surface area contributed by atoms with Crippen molar-refractivity contribution in [3.63, 3.8) is 0 Å². The van der Waals surface area contributed by atoms with Crippen molar-refractivity contribution in [1.29, 1.82) is 0 Å². The highest BCUT2D eigenvalue weighted by Gasteiger charge is 2.29. The minimum absolute atomic E-state index is 0.158. The third-order valence-corrected chi connectivity index (χ3v) is 3.04. The molecule has 1 aromatic heterocycles. The fourth-order valence-electron chi connectivity index (χ4n) is 2.23. The summed E-state index contributed by atoms with van der Waals surface area (Å²) in [6, 6.07) is 0.158. The Morgan fingerprint density at radius 2 is 2.35 bits per heavy atom. The van der Waals surface area contributed by atoms with Crippen molar-refractivity contribution in [2.75, 3.05) is 26.9 Å². The average Bonchev–Trinajstić information content (AvgIpc) is 2.89. The van der Waals surface area contributed by atoms with Crippen LogP contribution in [-0.4, -0.2) is 36.8 Å². The number of rotatable bonds is 5. The van der Waals surface area contributed by atoms with Crippen molar-refractivity contribution >= 4 is 0 Å². The maximum absolute atomic E-state index is 5.45. The molecule has 1 saturated heterocycles. The van der Waals surface area contributed by atoms with E-state index in [1.807, 2.05) is 0 Å². The zero-order valence-corrected chi connectivity index (χ0v) is 10.3. The van der Waals surface area contributed by atoms with Crippen molar-refractivity contribution in [1.82, 2.24) is 15.3 Å². The fourth-order valence-corrected chi connectivity index (χ4v) is 2.23. The topological polar surface area (TPSA) is 56.3 Å². The molecule has 0 spiro atoms. The fraction of sp³-hybridized carbons (Fsp3) is 0.667. The smallest absolute Gasteiger partial charge is 0.237 e. The van der Waals surface area contributed by atoms with Gasteiger partial charge in [-0.1, -0.05) is 6.92 Å². The number of methoxy groups -OCH3 is 1. The maximum atomic E-state index is 5.45. The molecular formula is C12H19N3O2. The molecule has 5 heteroatoms. The van der Waals surface area contributed by atoms with Gasteiger partial charge in [0.15, 0.2) is 0 Å². The average molecular weight is 237 g/mol. The van der Waals surface area contributed by atoms with E-state index < -0.39 is 0 Å². The van der Waals surface area contributed by atoms with Crippen LogP contribution >= 0.6 is 0 Å². The molecule has 0 radical (unpaired) electrons. The number of nitrogens with one attached hydrogen (secondary N) is 1. The van der Waals surface area contributed by atoms with Crippen molar-refractivity contribution < 1.29 is 9.47 Å². The Balaban J connectivity index is 2.24. The standard InChI is InChI=1S/C12H19N3O2/c1-3-13-10(9-4-7-17-8-9)11-12(16-2)15-6-5-14-11/h5-6,9-10,13H,3-4,7-8H2,1-2H3. The summed E-state index contributed by atoms with van der Waals surface area (Å²) in [5, 5.41) is 3.45. The van der Waals surface area contributed by atoms with E-state index in [-0.39, 0.29) is 6.04 Å². The molecule has 1 aromatic rings. The van der Waals surface area contributed by atoms with E-state index in [0.29, 0.717) is 11.8 Å². The highest BCUT2D eigenvalue weighted by molar-refractivity contribution is 5.22. The molecule has 0 aromatic carbocycles. The van der Waals surface area contributed by atoms with Gasteiger partial charge in [0.2, 0.25) is 5.88 Å². The van der Waals surface area contributed by atoms with Crippen LogP contribution in [0.4, 0.5) is 0 Å². The van der Waals surface area contributed by atoms with Gasteiger partial charge in [-0.3, -0.25) is 4.98 Å². The molecule has 1 aliphatic rings. The molecule has 94 valence electrons. The number of hydrogen-bond donors (Lipinski definition) is 1. The summed E-state index contributed by atoms with van der Waals surface area (Å²) in [5.74, 6) is 1.05. The van der Waals surface area contributed by atoms with Crippen molar-refractivity contribution in [3.05, 3.63) is 18.1 Å². The lowest BCUT2D eigenvalue weighted by molar-refractivity contribution is 0.175. The first-order valence-corrected chi connectivity index (χ1v) is 6.02. The minimum atomic E-state index is 0.158. The SMILES string of the molecule is CCNC(c1nccnc1OC)C1CCOC1. The van der Waals surface area contributed by atoms with E-state index in [2.05, 4.69) is 22.2 Å².